The van der Waals surface area contributed by atoms with Crippen LogP contribution in [0.2, 0.25) is 5.02 Å². The van der Waals surface area contributed by atoms with Crippen molar-refractivity contribution in [2.24, 2.45) is 0 Å². The van der Waals surface area contributed by atoms with E-state index in [4.69, 9.17) is 11.6 Å². The number of H-pyrrole nitrogens is 1. The van der Waals surface area contributed by atoms with Gasteiger partial charge in [-0.25, -0.2) is 9.37 Å². The number of amides is 1. The van der Waals surface area contributed by atoms with Crippen molar-refractivity contribution in [1.29, 1.82) is 0 Å². The van der Waals surface area contributed by atoms with Crippen LogP contribution in [-0.2, 0) is 4.79 Å². The van der Waals surface area contributed by atoms with Gasteiger partial charge < -0.3 is 10.3 Å². The molecular weight excluding hydrogens is 427 g/mol. The van der Waals surface area contributed by atoms with Crippen LogP contribution in [0.5, 0.6) is 0 Å². The van der Waals surface area contributed by atoms with E-state index in [0.717, 1.165) is 17.5 Å². The Morgan fingerprint density at radius 2 is 1.90 bits per heavy atom. The van der Waals surface area contributed by atoms with Gasteiger partial charge in [0.05, 0.1) is 17.0 Å². The van der Waals surface area contributed by atoms with Gasteiger partial charge in [-0.3, -0.25) is 14.2 Å². The Kier molecular flexibility index (Phi) is 5.61. The van der Waals surface area contributed by atoms with Gasteiger partial charge in [0.2, 0.25) is 5.91 Å². The van der Waals surface area contributed by atoms with Crippen LogP contribution in [0.25, 0.3) is 16.7 Å². The van der Waals surface area contributed by atoms with Crippen LogP contribution in [0.1, 0.15) is 5.69 Å². The molecule has 0 spiro atoms. The lowest BCUT2D eigenvalue weighted by atomic mass is 10.3. The Bertz CT molecular complexity index is 1280. The number of carbonyl (C=O) groups excluding carboxylic acids is 1. The number of nitrogens with one attached hydrogen (secondary N) is 2. The van der Waals surface area contributed by atoms with Gasteiger partial charge in [0.25, 0.3) is 5.56 Å². The maximum absolute atomic E-state index is 13.4. The summed E-state index contributed by atoms with van der Waals surface area (Å²) in [6.45, 7) is 1.83. The van der Waals surface area contributed by atoms with Crippen LogP contribution in [0.15, 0.2) is 64.5 Å². The molecule has 152 valence electrons. The molecule has 2 N–H and O–H groups in total. The maximum Gasteiger partial charge on any atom is 0.283 e. The number of rotatable bonds is 5. The topological polar surface area (TPSA) is 79.8 Å². The van der Waals surface area contributed by atoms with Gasteiger partial charge in [-0.2, -0.15) is 0 Å². The van der Waals surface area contributed by atoms with Crippen molar-refractivity contribution >= 4 is 46.0 Å². The van der Waals surface area contributed by atoms with E-state index in [9.17, 15) is 14.0 Å². The zero-order valence-electron chi connectivity index (χ0n) is 15.8. The molecule has 1 amide bonds. The number of aryl methyl sites for hydroxylation is 1. The second kappa shape index (κ2) is 8.33. The highest BCUT2D eigenvalue weighted by Gasteiger charge is 2.16. The number of nitrogens with zero attached hydrogens (tertiary/aromatic N) is 2. The minimum Gasteiger partial charge on any atom is -0.353 e. The molecule has 0 aliphatic rings. The first-order valence-electron chi connectivity index (χ1n) is 8.97. The zero-order valence-corrected chi connectivity index (χ0v) is 17.4. The molecule has 0 saturated carbocycles. The van der Waals surface area contributed by atoms with Gasteiger partial charge in [-0.15, -0.1) is 0 Å². The van der Waals surface area contributed by atoms with Crippen LogP contribution in [0.3, 0.4) is 0 Å². The van der Waals surface area contributed by atoms with E-state index < -0.39 is 5.82 Å². The summed E-state index contributed by atoms with van der Waals surface area (Å²) in [6, 6.07) is 14.1. The van der Waals surface area contributed by atoms with Gasteiger partial charge in [-0.05, 0) is 61.5 Å². The van der Waals surface area contributed by atoms with Gasteiger partial charge in [-0.1, -0.05) is 23.4 Å². The largest absolute Gasteiger partial charge is 0.353 e. The molecule has 0 aliphatic carbocycles. The average molecular weight is 443 g/mol. The Morgan fingerprint density at radius 3 is 2.60 bits per heavy atom. The molecule has 0 radical (unpaired) electrons. The lowest BCUT2D eigenvalue weighted by Gasteiger charge is -2.12. The molecule has 0 atom stereocenters. The molecule has 9 heteroatoms. The molecule has 0 fully saturated rings. The number of fused-ring (bicyclic) bond motifs is 1. The Hall–Kier alpha value is -3.10. The molecule has 6 nitrogen and oxygen atoms in total. The number of thioether (sulfide) groups is 1. The third-order valence-corrected chi connectivity index (χ3v) is 5.49. The van der Waals surface area contributed by atoms with Crippen LogP contribution < -0.4 is 10.9 Å². The first kappa shape index (κ1) is 20.2. The molecule has 4 rings (SSSR count). The van der Waals surface area contributed by atoms with Crippen molar-refractivity contribution in [3.8, 4) is 5.69 Å². The first-order valence-corrected chi connectivity index (χ1v) is 10.3. The van der Waals surface area contributed by atoms with Crippen molar-refractivity contribution in [2.45, 2.75) is 12.1 Å². The molecule has 0 saturated heterocycles. The summed E-state index contributed by atoms with van der Waals surface area (Å²) < 4.78 is 14.7. The predicted molar refractivity (Wildman–Crippen MR) is 117 cm³/mol. The van der Waals surface area contributed by atoms with Crippen LogP contribution in [-0.4, -0.2) is 26.2 Å². The van der Waals surface area contributed by atoms with Crippen LogP contribution >= 0.6 is 23.4 Å². The molecule has 2 aromatic carbocycles. The van der Waals surface area contributed by atoms with Gasteiger partial charge in [0.1, 0.15) is 11.3 Å². The van der Waals surface area contributed by atoms with Crippen LogP contribution in [0.4, 0.5) is 10.1 Å². The predicted octanol–water partition coefficient (Wildman–Crippen LogP) is 4.55. The van der Waals surface area contributed by atoms with Crippen molar-refractivity contribution in [3.05, 3.63) is 81.5 Å². The highest BCUT2D eigenvalue weighted by molar-refractivity contribution is 7.99. The molecule has 0 bridgehead atoms. The molecular formula is C21H16ClFN4O2S. The molecule has 30 heavy (non-hydrogen) atoms. The summed E-state index contributed by atoms with van der Waals surface area (Å²) in [5.41, 5.74) is 2.42. The minimum atomic E-state index is -0.409. The number of anilines is 1. The molecule has 2 heterocycles. The van der Waals surface area contributed by atoms with Crippen LogP contribution in [0, 0.1) is 12.7 Å². The zero-order chi connectivity index (χ0) is 21.3. The third kappa shape index (κ3) is 4.24. The third-order valence-electron chi connectivity index (χ3n) is 4.30. The molecule has 2 aromatic heterocycles. The Balaban J connectivity index is 1.65. The highest BCUT2D eigenvalue weighted by atomic mass is 35.5. The van der Waals surface area contributed by atoms with Crippen molar-refractivity contribution in [2.75, 3.05) is 11.1 Å². The molecule has 0 unspecified atom stereocenters. The second-order valence-electron chi connectivity index (χ2n) is 6.57. The SMILES string of the molecule is Cc1cc2nc(SCC(=O)Nc3ccc(Cl)cc3)n(-c3ccc(F)cc3)c(=O)c2[nH]1. The monoisotopic (exact) mass is 442 g/mol. The Morgan fingerprint density at radius 1 is 1.20 bits per heavy atom. The summed E-state index contributed by atoms with van der Waals surface area (Å²) >= 11 is 6.98. The lowest BCUT2D eigenvalue weighted by molar-refractivity contribution is -0.113. The number of aromatic amines is 1. The summed E-state index contributed by atoms with van der Waals surface area (Å²) in [6.07, 6.45) is 0. The fourth-order valence-corrected chi connectivity index (χ4v) is 3.89. The number of benzene rings is 2. The summed E-state index contributed by atoms with van der Waals surface area (Å²) in [5.74, 6) is -0.633. The van der Waals surface area contributed by atoms with Gasteiger partial charge in [0.15, 0.2) is 5.16 Å². The number of aromatic nitrogens is 3. The second-order valence-corrected chi connectivity index (χ2v) is 7.95. The fraction of sp³-hybridized carbons (Fsp3) is 0.0952. The van der Waals surface area contributed by atoms with Gasteiger partial charge in [0, 0.05) is 16.4 Å². The van der Waals surface area contributed by atoms with Crippen molar-refractivity contribution < 1.29 is 9.18 Å². The van der Waals surface area contributed by atoms with Crippen molar-refractivity contribution in [1.82, 2.24) is 14.5 Å². The lowest BCUT2D eigenvalue weighted by Crippen LogP contribution is -2.23. The average Bonchev–Trinajstić information content (AvgIpc) is 3.10. The highest BCUT2D eigenvalue weighted by Crippen LogP contribution is 2.22. The van der Waals surface area contributed by atoms with E-state index in [1.54, 1.807) is 30.3 Å². The van der Waals surface area contributed by atoms with Crippen molar-refractivity contribution in [3.63, 3.8) is 0 Å². The van der Waals surface area contributed by atoms with E-state index >= 15 is 0 Å². The summed E-state index contributed by atoms with van der Waals surface area (Å²) in [5, 5.41) is 3.68. The molecule has 0 aliphatic heterocycles. The number of carbonyl (C=O) groups is 1. The maximum atomic E-state index is 13.4. The molecule has 4 aromatic rings. The number of hydrogen-bond acceptors (Lipinski definition) is 4. The Labute approximate surface area is 180 Å². The summed E-state index contributed by atoms with van der Waals surface area (Å²) in [4.78, 5) is 33.0. The standard InChI is InChI=1S/C21H16ClFN4O2S/c1-12-10-17-19(24-12)20(29)27(16-8-4-14(23)5-9-16)21(26-17)30-11-18(28)25-15-6-2-13(22)3-7-15/h2-10,24H,11H2,1H3,(H,25,28). The first-order chi connectivity index (χ1) is 14.4. The van der Waals surface area contributed by atoms with E-state index in [1.807, 2.05) is 6.92 Å². The van der Waals surface area contributed by atoms with E-state index in [0.29, 0.717) is 32.6 Å². The van der Waals surface area contributed by atoms with Gasteiger partial charge >= 0.3 is 0 Å². The summed E-state index contributed by atoms with van der Waals surface area (Å²) in [7, 11) is 0. The van der Waals surface area contributed by atoms with E-state index in [2.05, 4.69) is 15.3 Å². The normalized spacial score (nSPS) is 11.0. The quantitative estimate of drug-likeness (QED) is 0.351. The number of halogens is 2. The van der Waals surface area contributed by atoms with E-state index in [-0.39, 0.29) is 17.2 Å². The number of hydrogen-bond donors (Lipinski definition) is 2. The fourth-order valence-electron chi connectivity index (χ4n) is 2.95. The minimum absolute atomic E-state index is 0.0329. The van der Waals surface area contributed by atoms with E-state index in [1.165, 1.54) is 28.8 Å². The smallest absolute Gasteiger partial charge is 0.283 e.